The maximum Gasteiger partial charge on any atom is 3.00 e. The molecule has 0 aliphatic heterocycles. The molecule has 0 rings (SSSR count). The number of rotatable bonds is 4. The van der Waals surface area contributed by atoms with Crippen molar-refractivity contribution < 1.29 is 226 Å². The molecule has 0 saturated heterocycles. The molecule has 0 aliphatic rings. The van der Waals surface area contributed by atoms with E-state index in [0.717, 1.165) is 0 Å². The Morgan fingerprint density at radius 3 is 0.600 bits per heavy atom. The van der Waals surface area contributed by atoms with Crippen molar-refractivity contribution in [1.29, 1.82) is 0 Å². The summed E-state index contributed by atoms with van der Waals surface area (Å²) in [6.07, 6.45) is 0. The van der Waals surface area contributed by atoms with Gasteiger partial charge in [-0.25, -0.2) is 0 Å². The minimum absolute atomic E-state index is 0. The van der Waals surface area contributed by atoms with Crippen LogP contribution in [0.2, 0.25) is 0 Å². The van der Waals surface area contributed by atoms with E-state index in [2.05, 4.69) is 6.35 Å². The van der Waals surface area contributed by atoms with Crippen LogP contribution in [0.5, 0.6) is 0 Å². The molecule has 0 aliphatic carbocycles. The zero-order valence-electron chi connectivity index (χ0n) is 14.8. The summed E-state index contributed by atoms with van der Waals surface area (Å²) in [6, 6.07) is 0. The third-order valence-corrected chi connectivity index (χ3v) is 6.79. The quantitative estimate of drug-likeness (QED) is 0.0660. The minimum Gasteiger partial charge on any atom is -0.759 e. The van der Waals surface area contributed by atoms with Gasteiger partial charge >= 0.3 is 189 Å². The molecule has 0 aromatic rings. The molecule has 0 aromatic carbocycles. The predicted molar refractivity (Wildman–Crippen MR) is 64.9 cm³/mol. The first-order valence-electron chi connectivity index (χ1n) is 4.90. The molecular formula is H6Ce2Mo2O26P2S3. The average Bonchev–Trinajstić information content (AvgIpc) is 2.07. The van der Waals surface area contributed by atoms with Crippen molar-refractivity contribution in [3.63, 3.8) is 0 Å². The Bertz CT molecular complexity index is 1030. The summed E-state index contributed by atoms with van der Waals surface area (Å²) in [6.45, 7) is 0. The van der Waals surface area contributed by atoms with Crippen LogP contribution in [0.4, 0.5) is 0 Å². The van der Waals surface area contributed by atoms with Gasteiger partial charge in [-0.1, -0.05) is 0 Å². The van der Waals surface area contributed by atoms with E-state index in [1.807, 2.05) is 0 Å². The third-order valence-electron chi connectivity index (χ3n) is 0.383. The molecule has 35 heteroatoms. The number of phosphoric acid groups is 2. The van der Waals surface area contributed by atoms with Crippen molar-refractivity contribution in [2.45, 2.75) is 0 Å². The molecule has 35 heavy (non-hydrogen) atoms. The SMILES string of the molecule is O=P(O)(O)[O][Mo](=[O])(=[O])[OH].O=P(O)(O)[O][Mo](=[O])(=[O])[OH].O=S(=O)([O-])[O-].O=S(=O)([O-])[O-].O=S(=O)([O-])[O-].[Ce+3].[Ce+3]. The smallest absolute Gasteiger partial charge is 0.759 e. The van der Waals surface area contributed by atoms with Crippen molar-refractivity contribution in [2.24, 2.45) is 0 Å². The first kappa shape index (κ1) is 54.2. The third kappa shape index (κ3) is 201. The van der Waals surface area contributed by atoms with Crippen LogP contribution in [0.1, 0.15) is 0 Å². The van der Waals surface area contributed by atoms with Crippen molar-refractivity contribution in [3.05, 3.63) is 0 Å². The Balaban J connectivity index is -0.0000000569. The minimum atomic E-state index is -6.03. The molecule has 26 nitrogen and oxygen atoms in total. The van der Waals surface area contributed by atoms with Gasteiger partial charge in [-0.3, -0.25) is 25.3 Å². The molecule has 0 unspecified atom stereocenters. The summed E-state index contributed by atoms with van der Waals surface area (Å²) in [5.74, 6) is 0. The summed E-state index contributed by atoms with van der Waals surface area (Å²) in [4.78, 5) is 30.9. The van der Waals surface area contributed by atoms with Crippen LogP contribution in [0.3, 0.4) is 0 Å². The molecule has 0 heterocycles. The Kier molecular flexibility index (Phi) is 33.7. The molecule has 0 saturated carbocycles. The molecule has 0 fully saturated rings. The Morgan fingerprint density at radius 1 is 0.514 bits per heavy atom. The van der Waals surface area contributed by atoms with Crippen molar-refractivity contribution >= 4 is 46.8 Å². The van der Waals surface area contributed by atoms with Gasteiger partial charge in [0.2, 0.25) is 0 Å². The van der Waals surface area contributed by atoms with Gasteiger partial charge in [-0.15, -0.1) is 0 Å². The molecular weight excluding hydrogens is 1050 g/mol. The van der Waals surface area contributed by atoms with E-state index < -0.39 is 80.3 Å². The second kappa shape index (κ2) is 21.8. The van der Waals surface area contributed by atoms with Crippen molar-refractivity contribution in [3.8, 4) is 0 Å². The summed E-state index contributed by atoms with van der Waals surface area (Å²) in [5, 5.41) is 0. The monoisotopic (exact) mass is 1060 g/mol. The zero-order chi connectivity index (χ0) is 28.9. The predicted octanol–water partition coefficient (Wildman–Crippen LogP) is -6.49. The zero-order valence-corrected chi connectivity index (χ0v) is 29.3. The van der Waals surface area contributed by atoms with E-state index in [-0.39, 0.29) is 83.5 Å². The Labute approximate surface area is 268 Å². The van der Waals surface area contributed by atoms with Crippen LogP contribution in [-0.2, 0) is 93.8 Å². The topological polar surface area (TPSA) is 483 Å². The summed E-state index contributed by atoms with van der Waals surface area (Å²) >= 11 is -12.1. The van der Waals surface area contributed by atoms with Crippen molar-refractivity contribution in [1.82, 2.24) is 0 Å². The molecule has 2 radical (unpaired) electrons. The van der Waals surface area contributed by atoms with Gasteiger partial charge in [-0.05, 0) is 0 Å². The van der Waals surface area contributed by atoms with Crippen LogP contribution in [0, 0.1) is 83.5 Å². The van der Waals surface area contributed by atoms with Crippen LogP contribution in [0.15, 0.2) is 0 Å². The summed E-state index contributed by atoms with van der Waals surface area (Å²) in [7, 11) is -25.7. The molecule has 0 atom stereocenters. The van der Waals surface area contributed by atoms with E-state index in [1.54, 1.807) is 0 Å². The van der Waals surface area contributed by atoms with Crippen LogP contribution in [0.25, 0.3) is 0 Å². The maximum atomic E-state index is 9.61. The fourth-order valence-corrected chi connectivity index (χ4v) is 4.36. The maximum absolute atomic E-state index is 9.61. The Hall–Kier alpha value is 3.08. The first-order valence-corrected chi connectivity index (χ1v) is 18.7. The normalized spacial score (nSPS) is 12.0. The molecule has 0 spiro atoms. The second-order valence-electron chi connectivity index (χ2n) is 3.21. The molecule has 210 valence electrons. The second-order valence-corrected chi connectivity index (χ2v) is 14.3. The molecule has 0 bridgehead atoms. The average molecular weight is 1050 g/mol. The largest absolute Gasteiger partial charge is 3.00 e. The molecule has 6 N–H and O–H groups in total. The van der Waals surface area contributed by atoms with Crippen LogP contribution < -0.4 is 0 Å². The standard InChI is InChI=1S/2Ce.2Mo.2H3O4P.3H2O4S.2H2O.4O/c;;;;5*1-5(2,3)4;;;;;;/h;;;;2*(H3,1,2,3,4);3*(H2,1,2,3,4);2*1H2;;;;/q2*+3;2*+2;;;;;;;;;;;/p-10. The van der Waals surface area contributed by atoms with Gasteiger partial charge in [0.15, 0.2) is 0 Å². The first-order chi connectivity index (χ1) is 13.4. The van der Waals surface area contributed by atoms with Gasteiger partial charge < -0.3 is 27.3 Å². The van der Waals surface area contributed by atoms with Crippen molar-refractivity contribution in [2.75, 3.05) is 0 Å². The van der Waals surface area contributed by atoms with Crippen LogP contribution in [-0.4, -0.2) is 79.7 Å². The fraction of sp³-hybridized carbons (Fsp3) is 0. The molecule has 0 aromatic heterocycles. The molecule has 0 amide bonds. The number of hydrogen-bond acceptors (Lipinski definition) is 20. The van der Waals surface area contributed by atoms with E-state index >= 15 is 0 Å². The van der Waals surface area contributed by atoms with Crippen LogP contribution >= 0.6 is 15.6 Å². The van der Waals surface area contributed by atoms with E-state index in [1.165, 1.54) is 0 Å². The fourth-order valence-electron chi connectivity index (χ4n) is 0.245. The van der Waals surface area contributed by atoms with Gasteiger partial charge in [0, 0.05) is 31.2 Å². The van der Waals surface area contributed by atoms with Gasteiger partial charge in [-0.2, -0.15) is 0 Å². The van der Waals surface area contributed by atoms with Gasteiger partial charge in [0.25, 0.3) is 0 Å². The number of hydrogen-bond donors (Lipinski definition) is 6. The van der Waals surface area contributed by atoms with E-state index in [9.17, 15) is 22.7 Å². The van der Waals surface area contributed by atoms with Gasteiger partial charge in [0.05, 0.1) is 0 Å². The van der Waals surface area contributed by atoms with E-state index in [4.69, 9.17) is 79.7 Å². The summed E-state index contributed by atoms with van der Waals surface area (Å²) < 4.78 is 181. The van der Waals surface area contributed by atoms with E-state index in [0.29, 0.717) is 0 Å². The Morgan fingerprint density at radius 2 is 0.600 bits per heavy atom. The van der Waals surface area contributed by atoms with Gasteiger partial charge in [0.1, 0.15) is 0 Å². The summed E-state index contributed by atoms with van der Waals surface area (Å²) in [5.41, 5.74) is 0.